The van der Waals surface area contributed by atoms with E-state index in [1.54, 1.807) is 0 Å². The van der Waals surface area contributed by atoms with Gasteiger partial charge in [-0.05, 0) is 49.4 Å². The molecular weight excluding hydrogens is 312 g/mol. The predicted molar refractivity (Wildman–Crippen MR) is 91.4 cm³/mol. The highest BCUT2D eigenvalue weighted by atomic mass is 79.9. The zero-order chi connectivity index (χ0) is 14.4. The molecule has 1 saturated heterocycles. The summed E-state index contributed by atoms with van der Waals surface area (Å²) in [5.74, 6) is 0.931. The number of hydrogen-bond donors (Lipinski definition) is 1. The van der Waals surface area contributed by atoms with Gasteiger partial charge < -0.3 is 10.2 Å². The van der Waals surface area contributed by atoms with Crippen LogP contribution in [0.25, 0.3) is 0 Å². The molecule has 112 valence electrons. The maximum absolute atomic E-state index is 3.62. The van der Waals surface area contributed by atoms with E-state index in [-0.39, 0.29) is 0 Å². The molecule has 1 aliphatic rings. The average molecular weight is 339 g/mol. The van der Waals surface area contributed by atoms with Crippen molar-refractivity contribution < 1.29 is 0 Å². The Hall–Kier alpha value is -0.540. The minimum atomic E-state index is 0.931. The van der Waals surface area contributed by atoms with Crippen molar-refractivity contribution in [3.8, 4) is 0 Å². The highest BCUT2D eigenvalue weighted by Crippen LogP contribution is 2.30. The van der Waals surface area contributed by atoms with E-state index in [1.807, 2.05) is 0 Å². The molecule has 3 heteroatoms. The van der Waals surface area contributed by atoms with Crippen molar-refractivity contribution in [2.45, 2.75) is 46.1 Å². The summed E-state index contributed by atoms with van der Waals surface area (Å²) in [6.45, 7) is 9.01. The van der Waals surface area contributed by atoms with Crippen molar-refractivity contribution in [1.29, 1.82) is 0 Å². The van der Waals surface area contributed by atoms with E-state index >= 15 is 0 Å². The van der Waals surface area contributed by atoms with Crippen LogP contribution in [0.3, 0.4) is 0 Å². The molecule has 0 unspecified atom stereocenters. The lowest BCUT2D eigenvalue weighted by Gasteiger charge is -2.34. The Balaban J connectivity index is 2.06. The molecule has 0 bridgehead atoms. The average Bonchev–Trinajstić information content (AvgIpc) is 2.49. The van der Waals surface area contributed by atoms with Crippen LogP contribution in [0.5, 0.6) is 0 Å². The van der Waals surface area contributed by atoms with Crippen LogP contribution in [-0.2, 0) is 6.54 Å². The van der Waals surface area contributed by atoms with Gasteiger partial charge in [0.05, 0.1) is 0 Å². The van der Waals surface area contributed by atoms with Gasteiger partial charge in [0.15, 0.2) is 0 Å². The quantitative estimate of drug-likeness (QED) is 0.764. The van der Waals surface area contributed by atoms with Gasteiger partial charge in [0.2, 0.25) is 0 Å². The summed E-state index contributed by atoms with van der Waals surface area (Å²) in [6.07, 6.45) is 5.20. The number of piperidine rings is 1. The molecule has 0 amide bonds. The number of nitrogens with zero attached hydrogens (tertiary/aromatic N) is 1. The minimum absolute atomic E-state index is 0.931. The maximum Gasteiger partial charge on any atom is 0.0423 e. The zero-order valence-electron chi connectivity index (χ0n) is 12.8. The van der Waals surface area contributed by atoms with Crippen LogP contribution in [0.1, 0.15) is 45.1 Å². The van der Waals surface area contributed by atoms with E-state index < -0.39 is 0 Å². The minimum Gasteiger partial charge on any atom is -0.371 e. The van der Waals surface area contributed by atoms with Crippen molar-refractivity contribution in [1.82, 2.24) is 5.32 Å². The summed E-state index contributed by atoms with van der Waals surface area (Å²) in [6, 6.07) is 6.70. The fraction of sp³-hybridized carbons (Fsp3) is 0.647. The fourth-order valence-corrected chi connectivity index (χ4v) is 3.31. The topological polar surface area (TPSA) is 15.3 Å². The highest BCUT2D eigenvalue weighted by molar-refractivity contribution is 9.10. The highest BCUT2D eigenvalue weighted by Gasteiger charge is 2.19. The van der Waals surface area contributed by atoms with Gasteiger partial charge in [0.1, 0.15) is 0 Å². The molecule has 2 rings (SSSR count). The first-order chi connectivity index (χ1) is 9.74. The molecule has 2 nitrogen and oxygen atoms in total. The first-order valence-electron chi connectivity index (χ1n) is 7.98. The van der Waals surface area contributed by atoms with E-state index in [2.05, 4.69) is 58.2 Å². The Kier molecular flexibility index (Phi) is 6.37. The fourth-order valence-electron chi connectivity index (χ4n) is 2.96. The molecule has 0 radical (unpaired) electrons. The number of hydrogen-bond acceptors (Lipinski definition) is 2. The van der Waals surface area contributed by atoms with Crippen molar-refractivity contribution in [2.75, 3.05) is 24.5 Å². The van der Waals surface area contributed by atoms with Crippen molar-refractivity contribution >= 4 is 21.6 Å². The van der Waals surface area contributed by atoms with Crippen LogP contribution in [0, 0.1) is 5.92 Å². The number of rotatable bonds is 6. The number of halogens is 1. The van der Waals surface area contributed by atoms with E-state index in [9.17, 15) is 0 Å². The van der Waals surface area contributed by atoms with Crippen LogP contribution in [0.4, 0.5) is 5.69 Å². The van der Waals surface area contributed by atoms with Crippen molar-refractivity contribution in [2.24, 2.45) is 5.92 Å². The van der Waals surface area contributed by atoms with Gasteiger partial charge in [-0.15, -0.1) is 0 Å². The van der Waals surface area contributed by atoms with Crippen LogP contribution in [0.2, 0.25) is 0 Å². The van der Waals surface area contributed by atoms with E-state index in [0.29, 0.717) is 0 Å². The first-order valence-corrected chi connectivity index (χ1v) is 8.78. The summed E-state index contributed by atoms with van der Waals surface area (Å²) in [4.78, 5) is 2.57. The van der Waals surface area contributed by atoms with Gasteiger partial charge in [-0.3, -0.25) is 0 Å². The van der Waals surface area contributed by atoms with Crippen LogP contribution < -0.4 is 10.2 Å². The van der Waals surface area contributed by atoms with Crippen LogP contribution in [-0.4, -0.2) is 19.6 Å². The second-order valence-corrected chi connectivity index (χ2v) is 6.70. The molecule has 0 aliphatic carbocycles. The predicted octanol–water partition coefficient (Wildman–Crippen LogP) is 4.58. The van der Waals surface area contributed by atoms with Crippen molar-refractivity contribution in [3.63, 3.8) is 0 Å². The normalized spacial score (nSPS) is 16.6. The Morgan fingerprint density at radius 1 is 1.25 bits per heavy atom. The molecule has 20 heavy (non-hydrogen) atoms. The number of nitrogens with one attached hydrogen (secondary N) is 1. The van der Waals surface area contributed by atoms with E-state index in [1.165, 1.54) is 54.5 Å². The third-order valence-electron chi connectivity index (χ3n) is 4.32. The molecule has 1 heterocycles. The smallest absolute Gasteiger partial charge is 0.0423 e. The van der Waals surface area contributed by atoms with Gasteiger partial charge in [-0.2, -0.15) is 0 Å². The molecule has 0 aromatic heterocycles. The molecule has 0 spiro atoms. The van der Waals surface area contributed by atoms with Gasteiger partial charge in [-0.1, -0.05) is 42.3 Å². The molecular formula is C17H27BrN2. The van der Waals surface area contributed by atoms with Gasteiger partial charge >= 0.3 is 0 Å². The summed E-state index contributed by atoms with van der Waals surface area (Å²) in [5, 5.41) is 3.53. The molecule has 1 N–H and O–H groups in total. The Bertz CT molecular complexity index is 411. The van der Waals surface area contributed by atoms with Crippen molar-refractivity contribution in [3.05, 3.63) is 28.2 Å². The maximum atomic E-state index is 3.62. The Morgan fingerprint density at radius 2 is 2.00 bits per heavy atom. The SMILES string of the molecule is CCCNCc1ccc(Br)cc1N1CCC(CC)CC1. The largest absolute Gasteiger partial charge is 0.371 e. The van der Waals surface area contributed by atoms with E-state index in [0.717, 1.165) is 19.0 Å². The third kappa shape index (κ3) is 4.23. The third-order valence-corrected chi connectivity index (χ3v) is 4.82. The second kappa shape index (κ2) is 8.04. The summed E-state index contributed by atoms with van der Waals surface area (Å²) < 4.78 is 1.18. The monoisotopic (exact) mass is 338 g/mol. The summed E-state index contributed by atoms with van der Waals surface area (Å²) in [5.41, 5.74) is 2.84. The van der Waals surface area contributed by atoms with Crippen LogP contribution >= 0.6 is 15.9 Å². The van der Waals surface area contributed by atoms with Gasteiger partial charge in [0.25, 0.3) is 0 Å². The summed E-state index contributed by atoms with van der Waals surface area (Å²) in [7, 11) is 0. The molecule has 1 aliphatic heterocycles. The van der Waals surface area contributed by atoms with E-state index in [4.69, 9.17) is 0 Å². The zero-order valence-corrected chi connectivity index (χ0v) is 14.4. The number of benzene rings is 1. The lowest BCUT2D eigenvalue weighted by Crippen LogP contribution is -2.34. The number of anilines is 1. The lowest BCUT2D eigenvalue weighted by molar-refractivity contribution is 0.394. The Morgan fingerprint density at radius 3 is 2.65 bits per heavy atom. The Labute approximate surface area is 132 Å². The second-order valence-electron chi connectivity index (χ2n) is 5.79. The molecule has 1 aromatic carbocycles. The molecule has 0 saturated carbocycles. The van der Waals surface area contributed by atoms with Gasteiger partial charge in [0, 0.05) is 29.8 Å². The summed E-state index contributed by atoms with van der Waals surface area (Å²) >= 11 is 3.62. The molecule has 1 aromatic rings. The standard InChI is InChI=1S/C17H27BrN2/c1-3-9-19-13-15-5-6-16(18)12-17(15)20-10-7-14(4-2)8-11-20/h5-6,12,14,19H,3-4,7-11,13H2,1-2H3. The first kappa shape index (κ1) is 15.8. The molecule has 0 atom stereocenters. The van der Waals surface area contributed by atoms with Crippen LogP contribution in [0.15, 0.2) is 22.7 Å². The molecule has 1 fully saturated rings. The van der Waals surface area contributed by atoms with Gasteiger partial charge in [-0.25, -0.2) is 0 Å². The lowest BCUT2D eigenvalue weighted by atomic mass is 9.94.